The normalized spacial score (nSPS) is 14.1. The lowest BCUT2D eigenvalue weighted by atomic mass is 10.2. The maximum absolute atomic E-state index is 6.33. The summed E-state index contributed by atoms with van der Waals surface area (Å²) in [4.78, 5) is 11.4. The molecule has 8 heteroatoms. The summed E-state index contributed by atoms with van der Waals surface area (Å²) in [5.41, 5.74) is 2.80. The van der Waals surface area contributed by atoms with Crippen molar-refractivity contribution in [1.29, 1.82) is 0 Å². The largest absolute Gasteiger partial charge is 0.490 e. The second-order valence-electron chi connectivity index (χ2n) is 6.97. The van der Waals surface area contributed by atoms with Gasteiger partial charge in [0, 0.05) is 42.6 Å². The zero-order chi connectivity index (χ0) is 20.8. The summed E-state index contributed by atoms with van der Waals surface area (Å²) in [5.74, 6) is 1.20. The van der Waals surface area contributed by atoms with Gasteiger partial charge in [0.05, 0.1) is 18.2 Å². The van der Waals surface area contributed by atoms with Crippen LogP contribution in [-0.2, 0) is 4.74 Å². The molecule has 0 radical (unpaired) electrons. The highest BCUT2D eigenvalue weighted by molar-refractivity contribution is 6.35. The number of nitrogens with zero attached hydrogens (tertiary/aromatic N) is 3. The first-order valence-corrected chi connectivity index (χ1v) is 10.6. The van der Waals surface area contributed by atoms with Crippen molar-refractivity contribution in [1.82, 2.24) is 15.3 Å². The maximum atomic E-state index is 6.33. The number of hydrogen-bond donors (Lipinski definition) is 2. The number of anilines is 3. The highest BCUT2D eigenvalue weighted by Gasteiger charge is 2.12. The fourth-order valence-electron chi connectivity index (χ4n) is 3.35. The standard InChI is InChI=1S/C22H26ClN5O2/c1-2-24-9-12-30-20-8-7-19(23)18-15-25-22(27-21(18)20)26-16-3-5-17(6-4-16)28-10-13-29-14-11-28/h3-8,15,24H,2,9-14H2,1H3,(H,25,26,27). The van der Waals surface area contributed by atoms with E-state index in [-0.39, 0.29) is 0 Å². The highest BCUT2D eigenvalue weighted by atomic mass is 35.5. The van der Waals surface area contributed by atoms with Crippen molar-refractivity contribution in [2.75, 3.05) is 56.2 Å². The molecule has 1 saturated heterocycles. The molecule has 1 aliphatic heterocycles. The van der Waals surface area contributed by atoms with E-state index in [1.54, 1.807) is 6.20 Å². The van der Waals surface area contributed by atoms with Gasteiger partial charge in [-0.3, -0.25) is 0 Å². The predicted octanol–water partition coefficient (Wildman–Crippen LogP) is 3.85. The summed E-state index contributed by atoms with van der Waals surface area (Å²) in [6.45, 7) is 7.67. The molecule has 30 heavy (non-hydrogen) atoms. The molecule has 2 aromatic carbocycles. The maximum Gasteiger partial charge on any atom is 0.227 e. The molecule has 2 heterocycles. The number of ether oxygens (including phenoxy) is 2. The number of benzene rings is 2. The van der Waals surface area contributed by atoms with Crippen LogP contribution in [0.1, 0.15) is 6.92 Å². The minimum Gasteiger partial charge on any atom is -0.490 e. The van der Waals surface area contributed by atoms with Crippen LogP contribution >= 0.6 is 11.6 Å². The number of rotatable bonds is 8. The Kier molecular flexibility index (Phi) is 6.84. The number of aromatic nitrogens is 2. The van der Waals surface area contributed by atoms with Crippen molar-refractivity contribution < 1.29 is 9.47 Å². The number of likely N-dealkylation sites (N-methyl/N-ethyl adjacent to an activating group) is 1. The first-order valence-electron chi connectivity index (χ1n) is 10.2. The number of fused-ring (bicyclic) bond motifs is 1. The quantitative estimate of drug-likeness (QED) is 0.529. The van der Waals surface area contributed by atoms with Gasteiger partial charge < -0.3 is 25.0 Å². The van der Waals surface area contributed by atoms with Gasteiger partial charge in [-0.2, -0.15) is 0 Å². The van der Waals surface area contributed by atoms with Crippen molar-refractivity contribution in [3.8, 4) is 5.75 Å². The van der Waals surface area contributed by atoms with Gasteiger partial charge >= 0.3 is 0 Å². The van der Waals surface area contributed by atoms with E-state index >= 15 is 0 Å². The molecule has 1 fully saturated rings. The van der Waals surface area contributed by atoms with Crippen LogP contribution in [0.2, 0.25) is 5.02 Å². The monoisotopic (exact) mass is 427 g/mol. The average Bonchev–Trinajstić information content (AvgIpc) is 2.79. The molecule has 0 atom stereocenters. The summed E-state index contributed by atoms with van der Waals surface area (Å²) in [7, 11) is 0. The van der Waals surface area contributed by atoms with E-state index in [1.807, 2.05) is 24.3 Å². The number of hydrogen-bond acceptors (Lipinski definition) is 7. The molecule has 0 amide bonds. The van der Waals surface area contributed by atoms with Gasteiger partial charge in [-0.1, -0.05) is 18.5 Å². The molecular formula is C22H26ClN5O2. The SMILES string of the molecule is CCNCCOc1ccc(Cl)c2cnc(Nc3ccc(N4CCOCC4)cc3)nc12. The van der Waals surface area contributed by atoms with Crippen molar-refractivity contribution in [2.24, 2.45) is 0 Å². The smallest absolute Gasteiger partial charge is 0.227 e. The molecule has 2 N–H and O–H groups in total. The Morgan fingerprint density at radius 1 is 1.13 bits per heavy atom. The van der Waals surface area contributed by atoms with E-state index in [9.17, 15) is 0 Å². The molecule has 0 unspecified atom stereocenters. The van der Waals surface area contributed by atoms with Crippen molar-refractivity contribution in [3.63, 3.8) is 0 Å². The molecule has 4 rings (SSSR count). The zero-order valence-corrected chi connectivity index (χ0v) is 17.8. The summed E-state index contributed by atoms with van der Waals surface area (Å²) in [6, 6.07) is 11.9. The fourth-order valence-corrected chi connectivity index (χ4v) is 3.56. The first-order chi connectivity index (χ1) is 14.7. The Hall–Kier alpha value is -2.61. The van der Waals surface area contributed by atoms with Crippen LogP contribution in [0.5, 0.6) is 5.75 Å². The van der Waals surface area contributed by atoms with Crippen LogP contribution in [-0.4, -0.2) is 56.0 Å². The van der Waals surface area contributed by atoms with Crippen LogP contribution in [0.25, 0.3) is 10.9 Å². The van der Waals surface area contributed by atoms with Crippen molar-refractivity contribution in [2.45, 2.75) is 6.92 Å². The van der Waals surface area contributed by atoms with Crippen molar-refractivity contribution in [3.05, 3.63) is 47.6 Å². The highest BCUT2D eigenvalue weighted by Crippen LogP contribution is 2.31. The third-order valence-electron chi connectivity index (χ3n) is 4.95. The second kappa shape index (κ2) is 9.93. The van der Waals surface area contributed by atoms with Gasteiger partial charge in [0.2, 0.25) is 5.95 Å². The summed E-state index contributed by atoms with van der Waals surface area (Å²) in [5, 5.41) is 7.89. The van der Waals surface area contributed by atoms with Crippen LogP contribution in [0.15, 0.2) is 42.6 Å². The van der Waals surface area contributed by atoms with Gasteiger partial charge in [0.15, 0.2) is 0 Å². The van der Waals surface area contributed by atoms with E-state index in [4.69, 9.17) is 21.1 Å². The lowest BCUT2D eigenvalue weighted by Crippen LogP contribution is -2.36. The van der Waals surface area contributed by atoms with Gasteiger partial charge in [0.1, 0.15) is 17.9 Å². The predicted molar refractivity (Wildman–Crippen MR) is 121 cm³/mol. The molecule has 1 aromatic heterocycles. The Morgan fingerprint density at radius 2 is 1.93 bits per heavy atom. The Bertz CT molecular complexity index is 977. The first kappa shape index (κ1) is 20.7. The Balaban J connectivity index is 1.51. The molecule has 0 bridgehead atoms. The lowest BCUT2D eigenvalue weighted by molar-refractivity contribution is 0.122. The molecule has 0 spiro atoms. The van der Waals surface area contributed by atoms with Crippen LogP contribution in [0.3, 0.4) is 0 Å². The second-order valence-corrected chi connectivity index (χ2v) is 7.38. The van der Waals surface area contributed by atoms with Crippen LogP contribution < -0.4 is 20.3 Å². The van der Waals surface area contributed by atoms with Gasteiger partial charge in [-0.15, -0.1) is 0 Å². The topological polar surface area (TPSA) is 71.5 Å². The van der Waals surface area contributed by atoms with Crippen molar-refractivity contribution >= 4 is 39.8 Å². The van der Waals surface area contributed by atoms with E-state index < -0.39 is 0 Å². The minimum atomic E-state index is 0.500. The lowest BCUT2D eigenvalue weighted by Gasteiger charge is -2.28. The Morgan fingerprint density at radius 3 is 2.70 bits per heavy atom. The Labute approximate surface area is 181 Å². The van der Waals surface area contributed by atoms with E-state index in [0.29, 0.717) is 28.8 Å². The van der Waals surface area contributed by atoms with E-state index in [1.165, 1.54) is 5.69 Å². The molecule has 0 saturated carbocycles. The summed E-state index contributed by atoms with van der Waals surface area (Å²) >= 11 is 6.33. The summed E-state index contributed by atoms with van der Waals surface area (Å²) < 4.78 is 11.3. The van der Waals surface area contributed by atoms with Gasteiger partial charge in [-0.25, -0.2) is 9.97 Å². The number of morpholine rings is 1. The third-order valence-corrected chi connectivity index (χ3v) is 5.28. The van der Waals surface area contributed by atoms with Crippen LogP contribution in [0, 0.1) is 0 Å². The van der Waals surface area contributed by atoms with E-state index in [0.717, 1.165) is 50.5 Å². The van der Waals surface area contributed by atoms with Gasteiger partial charge in [0.25, 0.3) is 0 Å². The summed E-state index contributed by atoms with van der Waals surface area (Å²) in [6.07, 6.45) is 1.73. The van der Waals surface area contributed by atoms with Gasteiger partial charge in [-0.05, 0) is 42.9 Å². The molecule has 0 aliphatic carbocycles. The zero-order valence-electron chi connectivity index (χ0n) is 17.0. The molecular weight excluding hydrogens is 402 g/mol. The van der Waals surface area contributed by atoms with E-state index in [2.05, 4.69) is 44.6 Å². The minimum absolute atomic E-state index is 0.500. The average molecular weight is 428 g/mol. The third kappa shape index (κ3) is 4.92. The number of halogens is 1. The van der Waals surface area contributed by atoms with Crippen LogP contribution in [0.4, 0.5) is 17.3 Å². The molecule has 1 aliphatic rings. The fraction of sp³-hybridized carbons (Fsp3) is 0.364. The number of nitrogens with one attached hydrogen (secondary N) is 2. The molecule has 7 nitrogen and oxygen atoms in total. The molecule has 158 valence electrons. The molecule has 3 aromatic rings.